The highest BCUT2D eigenvalue weighted by Crippen LogP contribution is 2.32. The summed E-state index contributed by atoms with van der Waals surface area (Å²) in [6.07, 6.45) is 1.93. The first kappa shape index (κ1) is 16.0. The van der Waals surface area contributed by atoms with Crippen LogP contribution in [0.15, 0.2) is 58.4 Å². The fourth-order valence-corrected chi connectivity index (χ4v) is 4.13. The van der Waals surface area contributed by atoms with E-state index in [9.17, 15) is 4.79 Å². The number of likely N-dealkylation sites (N-methyl/N-ethyl adjacent to an activating group) is 1. The monoisotopic (exact) mass is 349 g/mol. The second kappa shape index (κ2) is 6.41. The van der Waals surface area contributed by atoms with E-state index in [2.05, 4.69) is 58.4 Å². The van der Waals surface area contributed by atoms with Gasteiger partial charge in [-0.2, -0.15) is 0 Å². The molecule has 2 aliphatic rings. The highest BCUT2D eigenvalue weighted by Gasteiger charge is 2.29. The molecule has 1 saturated heterocycles. The van der Waals surface area contributed by atoms with Crippen LogP contribution in [0, 0.1) is 0 Å². The number of anilines is 1. The maximum atomic E-state index is 12.2. The molecular formula is C20H19N3OS. The van der Waals surface area contributed by atoms with Crippen molar-refractivity contribution in [2.24, 2.45) is 4.99 Å². The Hall–Kier alpha value is -2.53. The highest BCUT2D eigenvalue weighted by molar-refractivity contribution is 8.18. The minimum Gasteiger partial charge on any atom is -0.363 e. The van der Waals surface area contributed by atoms with E-state index in [1.54, 1.807) is 19.0 Å². The van der Waals surface area contributed by atoms with Gasteiger partial charge in [0.1, 0.15) is 0 Å². The molecule has 5 heteroatoms. The van der Waals surface area contributed by atoms with Crippen LogP contribution < -0.4 is 4.90 Å². The summed E-state index contributed by atoms with van der Waals surface area (Å²) in [4.78, 5) is 21.0. The molecule has 0 radical (unpaired) electrons. The number of carbonyl (C=O) groups is 1. The SMILES string of the molecule is CN=C1SC(=Cc2ccc(N3Cc4ccccc4C3)cc2)C(=O)N1C. The van der Waals surface area contributed by atoms with Gasteiger partial charge in [-0.1, -0.05) is 36.4 Å². The molecule has 0 N–H and O–H groups in total. The molecule has 2 heterocycles. The zero-order valence-electron chi connectivity index (χ0n) is 14.3. The third-order valence-electron chi connectivity index (χ3n) is 4.59. The molecule has 0 saturated carbocycles. The van der Waals surface area contributed by atoms with Crippen LogP contribution in [0.4, 0.5) is 5.69 Å². The summed E-state index contributed by atoms with van der Waals surface area (Å²) >= 11 is 1.42. The van der Waals surface area contributed by atoms with E-state index < -0.39 is 0 Å². The van der Waals surface area contributed by atoms with Crippen molar-refractivity contribution < 1.29 is 4.79 Å². The Balaban J connectivity index is 1.52. The topological polar surface area (TPSA) is 35.9 Å². The molecule has 0 aliphatic carbocycles. The number of thioether (sulfide) groups is 1. The van der Waals surface area contributed by atoms with E-state index in [1.807, 2.05) is 6.08 Å². The summed E-state index contributed by atoms with van der Waals surface area (Å²) in [7, 11) is 3.46. The molecule has 0 aromatic heterocycles. The minimum atomic E-state index is 0.00432. The fourth-order valence-electron chi connectivity index (χ4n) is 3.20. The Morgan fingerprint density at radius 3 is 2.24 bits per heavy atom. The van der Waals surface area contributed by atoms with Gasteiger partial charge in [0.2, 0.25) is 0 Å². The first-order valence-corrected chi connectivity index (χ1v) is 9.03. The quantitative estimate of drug-likeness (QED) is 0.775. The summed E-state index contributed by atoms with van der Waals surface area (Å²) in [5.74, 6) is 0.00432. The van der Waals surface area contributed by atoms with E-state index >= 15 is 0 Å². The fraction of sp³-hybridized carbons (Fsp3) is 0.200. The van der Waals surface area contributed by atoms with Gasteiger partial charge in [0.25, 0.3) is 5.91 Å². The second-order valence-electron chi connectivity index (χ2n) is 6.20. The second-order valence-corrected chi connectivity index (χ2v) is 7.21. The van der Waals surface area contributed by atoms with Crippen molar-refractivity contribution in [3.05, 3.63) is 70.1 Å². The van der Waals surface area contributed by atoms with Gasteiger partial charge in [0, 0.05) is 32.9 Å². The summed E-state index contributed by atoms with van der Waals surface area (Å²) in [5.41, 5.74) is 5.03. The normalized spacial score (nSPS) is 20.0. The van der Waals surface area contributed by atoms with Crippen molar-refractivity contribution in [1.82, 2.24) is 4.90 Å². The summed E-state index contributed by atoms with van der Waals surface area (Å²) in [5, 5.41) is 0.739. The molecule has 2 aromatic rings. The van der Waals surface area contributed by atoms with Crippen molar-refractivity contribution in [2.75, 3.05) is 19.0 Å². The number of amides is 1. The van der Waals surface area contributed by atoms with E-state index in [-0.39, 0.29) is 5.91 Å². The number of aliphatic imine (C=N–C) groups is 1. The average Bonchev–Trinajstić information content (AvgIpc) is 3.19. The molecule has 1 amide bonds. The maximum Gasteiger partial charge on any atom is 0.266 e. The van der Waals surface area contributed by atoms with Crippen LogP contribution in [0.25, 0.3) is 6.08 Å². The summed E-state index contributed by atoms with van der Waals surface area (Å²) < 4.78 is 0. The molecule has 25 heavy (non-hydrogen) atoms. The Bertz CT molecular complexity index is 861. The number of carbonyl (C=O) groups excluding carboxylic acids is 1. The molecule has 4 rings (SSSR count). The van der Waals surface area contributed by atoms with Gasteiger partial charge in [-0.3, -0.25) is 14.7 Å². The third kappa shape index (κ3) is 2.96. The first-order chi connectivity index (χ1) is 12.2. The Morgan fingerprint density at radius 2 is 1.68 bits per heavy atom. The van der Waals surface area contributed by atoms with Crippen molar-refractivity contribution in [2.45, 2.75) is 13.1 Å². The predicted molar refractivity (Wildman–Crippen MR) is 104 cm³/mol. The molecule has 0 unspecified atom stereocenters. The van der Waals surface area contributed by atoms with Gasteiger partial charge in [-0.25, -0.2) is 0 Å². The molecule has 4 nitrogen and oxygen atoms in total. The van der Waals surface area contributed by atoms with Crippen molar-refractivity contribution in [3.8, 4) is 0 Å². The van der Waals surface area contributed by atoms with Gasteiger partial charge >= 0.3 is 0 Å². The first-order valence-electron chi connectivity index (χ1n) is 8.22. The van der Waals surface area contributed by atoms with E-state index in [0.717, 1.165) is 23.8 Å². The van der Waals surface area contributed by atoms with Crippen LogP contribution in [0.1, 0.15) is 16.7 Å². The largest absolute Gasteiger partial charge is 0.363 e. The lowest BCUT2D eigenvalue weighted by atomic mass is 10.1. The van der Waals surface area contributed by atoms with Crippen LogP contribution in [-0.2, 0) is 17.9 Å². The maximum absolute atomic E-state index is 12.2. The van der Waals surface area contributed by atoms with Crippen LogP contribution in [-0.4, -0.2) is 30.1 Å². The van der Waals surface area contributed by atoms with Crippen LogP contribution in [0.5, 0.6) is 0 Å². The predicted octanol–water partition coefficient (Wildman–Crippen LogP) is 3.74. The molecule has 126 valence electrons. The summed E-state index contributed by atoms with van der Waals surface area (Å²) in [6, 6.07) is 17.0. The van der Waals surface area contributed by atoms with Crippen LogP contribution in [0.2, 0.25) is 0 Å². The Kier molecular flexibility index (Phi) is 4.09. The van der Waals surface area contributed by atoms with Gasteiger partial charge in [-0.05, 0) is 46.7 Å². The van der Waals surface area contributed by atoms with Crippen LogP contribution in [0.3, 0.4) is 0 Å². The lowest BCUT2D eigenvalue weighted by Gasteiger charge is -2.17. The number of fused-ring (bicyclic) bond motifs is 1. The van der Waals surface area contributed by atoms with Crippen molar-refractivity contribution in [1.29, 1.82) is 0 Å². The van der Waals surface area contributed by atoms with Gasteiger partial charge in [-0.15, -0.1) is 0 Å². The minimum absolute atomic E-state index is 0.00432. The lowest BCUT2D eigenvalue weighted by molar-refractivity contribution is -0.121. The molecule has 2 aliphatic heterocycles. The number of benzene rings is 2. The van der Waals surface area contributed by atoms with Crippen LogP contribution >= 0.6 is 11.8 Å². The molecule has 0 atom stereocenters. The van der Waals surface area contributed by atoms with Crippen molar-refractivity contribution in [3.63, 3.8) is 0 Å². The number of amidine groups is 1. The number of nitrogens with zero attached hydrogens (tertiary/aromatic N) is 3. The number of rotatable bonds is 2. The third-order valence-corrected chi connectivity index (χ3v) is 5.74. The zero-order chi connectivity index (χ0) is 17.4. The van der Waals surface area contributed by atoms with Gasteiger partial charge < -0.3 is 4.90 Å². The van der Waals surface area contributed by atoms with E-state index in [1.165, 1.54) is 28.6 Å². The molecule has 0 bridgehead atoms. The molecule has 0 spiro atoms. The van der Waals surface area contributed by atoms with Crippen molar-refractivity contribution >= 4 is 34.6 Å². The van der Waals surface area contributed by atoms with E-state index in [0.29, 0.717) is 4.91 Å². The smallest absolute Gasteiger partial charge is 0.266 e. The van der Waals surface area contributed by atoms with Gasteiger partial charge in [0.15, 0.2) is 5.17 Å². The molecule has 1 fully saturated rings. The standard InChI is InChI=1S/C20H19N3OS/c1-21-20-22(2)19(24)18(25-20)11-14-7-9-17(10-8-14)23-12-15-5-3-4-6-16(15)13-23/h3-11H,12-13H2,1-2H3. The number of hydrogen-bond donors (Lipinski definition) is 0. The molecular weight excluding hydrogens is 330 g/mol. The average molecular weight is 349 g/mol. The highest BCUT2D eigenvalue weighted by atomic mass is 32.2. The Morgan fingerprint density at radius 1 is 1.04 bits per heavy atom. The summed E-state index contributed by atoms with van der Waals surface area (Å²) in [6.45, 7) is 1.90. The Labute approximate surface area is 151 Å². The zero-order valence-corrected chi connectivity index (χ0v) is 15.1. The van der Waals surface area contributed by atoms with E-state index in [4.69, 9.17) is 0 Å². The van der Waals surface area contributed by atoms with Gasteiger partial charge in [0.05, 0.1) is 4.91 Å². The molecule has 2 aromatic carbocycles. The lowest BCUT2D eigenvalue weighted by Crippen LogP contribution is -2.23. The number of hydrogen-bond acceptors (Lipinski definition) is 4.